The Labute approximate surface area is 168 Å². The van der Waals surface area contributed by atoms with Crippen LogP contribution in [0.25, 0.3) is 10.9 Å². The largest absolute Gasteiger partial charge is 0.361 e. The SMILES string of the molecule is Cn1cnnc1C1CN(S(C)(=O)=O)CC12CN(C(=O)c1cccc3[nH]ccc13)C2. The Kier molecular flexibility index (Phi) is 3.88. The van der Waals surface area contributed by atoms with E-state index >= 15 is 0 Å². The van der Waals surface area contributed by atoms with Crippen molar-refractivity contribution in [3.05, 3.63) is 48.2 Å². The molecule has 1 aromatic carbocycles. The Balaban J connectivity index is 1.44. The van der Waals surface area contributed by atoms with Crippen LogP contribution in [0.2, 0.25) is 0 Å². The van der Waals surface area contributed by atoms with Crippen LogP contribution in [0, 0.1) is 5.41 Å². The normalized spacial score (nSPS) is 21.7. The molecule has 29 heavy (non-hydrogen) atoms. The lowest BCUT2D eigenvalue weighted by Gasteiger charge is -2.50. The van der Waals surface area contributed by atoms with Crippen molar-refractivity contribution in [1.29, 1.82) is 0 Å². The van der Waals surface area contributed by atoms with Gasteiger partial charge < -0.3 is 14.5 Å². The fourth-order valence-electron chi connectivity index (χ4n) is 4.76. The number of amides is 1. The summed E-state index contributed by atoms with van der Waals surface area (Å²) in [6.07, 6.45) is 4.68. The zero-order valence-corrected chi connectivity index (χ0v) is 17.1. The summed E-state index contributed by atoms with van der Waals surface area (Å²) < 4.78 is 27.8. The molecule has 0 aliphatic carbocycles. The van der Waals surface area contributed by atoms with Crippen molar-refractivity contribution in [2.24, 2.45) is 12.5 Å². The van der Waals surface area contributed by atoms with Crippen LogP contribution in [0.1, 0.15) is 22.1 Å². The van der Waals surface area contributed by atoms with Gasteiger partial charge in [-0.2, -0.15) is 0 Å². The molecule has 2 saturated heterocycles. The predicted octanol–water partition coefficient (Wildman–Crippen LogP) is 0.798. The van der Waals surface area contributed by atoms with E-state index in [-0.39, 0.29) is 17.2 Å². The number of aryl methyl sites for hydroxylation is 1. The minimum atomic E-state index is -3.33. The molecule has 4 heterocycles. The summed E-state index contributed by atoms with van der Waals surface area (Å²) in [5, 5.41) is 9.10. The highest BCUT2D eigenvalue weighted by Gasteiger charge is 2.58. The molecule has 2 aliphatic rings. The number of benzene rings is 1. The van der Waals surface area contributed by atoms with E-state index in [1.165, 1.54) is 10.6 Å². The van der Waals surface area contributed by atoms with Gasteiger partial charge in [0.2, 0.25) is 10.0 Å². The number of H-pyrrole nitrogens is 1. The van der Waals surface area contributed by atoms with Crippen molar-refractivity contribution >= 4 is 26.8 Å². The molecule has 1 atom stereocenters. The number of nitrogens with one attached hydrogen (secondary N) is 1. The van der Waals surface area contributed by atoms with E-state index in [1.807, 2.05) is 42.1 Å². The molecule has 3 aromatic rings. The van der Waals surface area contributed by atoms with Gasteiger partial charge in [0.25, 0.3) is 5.91 Å². The molecule has 2 aromatic heterocycles. The van der Waals surface area contributed by atoms with Crippen molar-refractivity contribution in [1.82, 2.24) is 29.0 Å². The van der Waals surface area contributed by atoms with Gasteiger partial charge in [0.15, 0.2) is 0 Å². The number of aromatic nitrogens is 4. The second-order valence-corrected chi connectivity index (χ2v) is 10.2. The summed E-state index contributed by atoms with van der Waals surface area (Å²) in [6.45, 7) is 1.74. The summed E-state index contributed by atoms with van der Waals surface area (Å²) in [5.41, 5.74) is 1.24. The third-order valence-electron chi connectivity index (χ3n) is 6.27. The average Bonchev–Trinajstić information content (AvgIpc) is 3.35. The summed E-state index contributed by atoms with van der Waals surface area (Å²) in [7, 11) is -1.47. The second kappa shape index (κ2) is 6.14. The molecule has 2 aliphatic heterocycles. The van der Waals surface area contributed by atoms with Gasteiger partial charge in [-0.05, 0) is 18.2 Å². The molecule has 1 N–H and O–H groups in total. The van der Waals surface area contributed by atoms with Crippen LogP contribution in [0.15, 0.2) is 36.8 Å². The molecule has 1 amide bonds. The van der Waals surface area contributed by atoms with E-state index in [1.54, 1.807) is 11.2 Å². The maximum atomic E-state index is 13.2. The first-order valence-electron chi connectivity index (χ1n) is 9.43. The van der Waals surface area contributed by atoms with Crippen molar-refractivity contribution in [3.63, 3.8) is 0 Å². The Hall–Kier alpha value is -2.72. The molecule has 152 valence electrons. The number of fused-ring (bicyclic) bond motifs is 1. The molecule has 9 nitrogen and oxygen atoms in total. The lowest BCUT2D eigenvalue weighted by atomic mass is 9.71. The van der Waals surface area contributed by atoms with E-state index in [0.717, 1.165) is 16.7 Å². The van der Waals surface area contributed by atoms with Crippen LogP contribution in [-0.4, -0.2) is 75.7 Å². The van der Waals surface area contributed by atoms with E-state index in [2.05, 4.69) is 15.2 Å². The molecule has 0 saturated carbocycles. The number of carbonyl (C=O) groups is 1. The third-order valence-corrected chi connectivity index (χ3v) is 7.48. The zero-order chi connectivity index (χ0) is 20.4. The first-order valence-corrected chi connectivity index (χ1v) is 11.3. The minimum Gasteiger partial charge on any atom is -0.361 e. The number of sulfonamides is 1. The number of nitrogens with zero attached hydrogens (tertiary/aromatic N) is 5. The molecule has 2 fully saturated rings. The van der Waals surface area contributed by atoms with Crippen LogP contribution in [0.5, 0.6) is 0 Å². The van der Waals surface area contributed by atoms with Gasteiger partial charge in [-0.1, -0.05) is 6.07 Å². The molecule has 10 heteroatoms. The summed E-state index contributed by atoms with van der Waals surface area (Å²) in [4.78, 5) is 18.1. The number of carbonyl (C=O) groups excluding carboxylic acids is 1. The van der Waals surface area contributed by atoms with Gasteiger partial charge in [-0.15, -0.1) is 10.2 Å². The van der Waals surface area contributed by atoms with Crippen LogP contribution in [0.4, 0.5) is 0 Å². The van der Waals surface area contributed by atoms with Gasteiger partial charge in [-0.25, -0.2) is 12.7 Å². The zero-order valence-electron chi connectivity index (χ0n) is 16.2. The second-order valence-electron chi connectivity index (χ2n) is 8.18. The van der Waals surface area contributed by atoms with E-state index < -0.39 is 10.0 Å². The average molecular weight is 414 g/mol. The van der Waals surface area contributed by atoms with Crippen molar-refractivity contribution in [2.45, 2.75) is 5.92 Å². The Morgan fingerprint density at radius 2 is 2.03 bits per heavy atom. The highest BCUT2D eigenvalue weighted by Crippen LogP contribution is 2.49. The first kappa shape index (κ1) is 18.3. The quantitative estimate of drug-likeness (QED) is 0.683. The summed E-state index contributed by atoms with van der Waals surface area (Å²) in [6, 6.07) is 7.54. The van der Waals surface area contributed by atoms with Gasteiger partial charge in [0.1, 0.15) is 12.2 Å². The van der Waals surface area contributed by atoms with E-state index in [9.17, 15) is 13.2 Å². The van der Waals surface area contributed by atoms with Crippen LogP contribution in [-0.2, 0) is 17.1 Å². The Morgan fingerprint density at radius 3 is 2.72 bits per heavy atom. The molecule has 0 bridgehead atoms. The standard InChI is InChI=1S/C19H22N6O3S/c1-23-12-21-22-17(23)15-8-25(29(2,27)28)11-19(15)9-24(10-19)18(26)14-4-3-5-16-13(14)6-7-20-16/h3-7,12,15,20H,8-11H2,1-2H3. The highest BCUT2D eigenvalue weighted by atomic mass is 32.2. The van der Waals surface area contributed by atoms with Crippen LogP contribution < -0.4 is 0 Å². The monoisotopic (exact) mass is 414 g/mol. The number of hydrogen-bond donors (Lipinski definition) is 1. The topological polar surface area (TPSA) is 104 Å². The molecule has 5 rings (SSSR count). The van der Waals surface area contributed by atoms with E-state index in [0.29, 0.717) is 31.7 Å². The summed E-state index contributed by atoms with van der Waals surface area (Å²) in [5.74, 6) is 0.628. The van der Waals surface area contributed by atoms with Crippen LogP contribution in [0.3, 0.4) is 0 Å². The predicted molar refractivity (Wildman–Crippen MR) is 107 cm³/mol. The number of likely N-dealkylation sites (tertiary alicyclic amines) is 1. The fraction of sp³-hybridized carbons (Fsp3) is 0.421. The summed E-state index contributed by atoms with van der Waals surface area (Å²) >= 11 is 0. The van der Waals surface area contributed by atoms with Gasteiger partial charge in [0, 0.05) is 67.2 Å². The highest BCUT2D eigenvalue weighted by molar-refractivity contribution is 7.88. The van der Waals surface area contributed by atoms with Crippen molar-refractivity contribution < 1.29 is 13.2 Å². The third kappa shape index (κ3) is 2.77. The maximum Gasteiger partial charge on any atom is 0.254 e. The molecule has 1 unspecified atom stereocenters. The Bertz CT molecular complexity index is 1210. The smallest absolute Gasteiger partial charge is 0.254 e. The molecular formula is C19H22N6O3S. The number of aromatic amines is 1. The lowest BCUT2D eigenvalue weighted by molar-refractivity contribution is 0.00430. The molecule has 1 spiro atoms. The maximum absolute atomic E-state index is 13.2. The minimum absolute atomic E-state index is 0.0321. The van der Waals surface area contributed by atoms with Gasteiger partial charge in [-0.3, -0.25) is 4.79 Å². The van der Waals surface area contributed by atoms with Crippen LogP contribution >= 0.6 is 0 Å². The van der Waals surface area contributed by atoms with Gasteiger partial charge >= 0.3 is 0 Å². The van der Waals surface area contributed by atoms with E-state index in [4.69, 9.17) is 0 Å². The van der Waals surface area contributed by atoms with Crippen molar-refractivity contribution in [3.8, 4) is 0 Å². The lowest BCUT2D eigenvalue weighted by Crippen LogP contribution is -2.61. The number of hydrogen-bond acceptors (Lipinski definition) is 5. The molecule has 0 radical (unpaired) electrons. The van der Waals surface area contributed by atoms with Gasteiger partial charge in [0.05, 0.1) is 6.26 Å². The Morgan fingerprint density at radius 1 is 1.24 bits per heavy atom. The number of rotatable bonds is 3. The molecular weight excluding hydrogens is 392 g/mol. The van der Waals surface area contributed by atoms with Crippen molar-refractivity contribution in [2.75, 3.05) is 32.4 Å². The first-order chi connectivity index (χ1) is 13.8. The fourth-order valence-corrected chi connectivity index (χ4v) is 5.67.